The number of benzene rings is 1. The van der Waals surface area contributed by atoms with Crippen molar-refractivity contribution < 1.29 is 0 Å². The van der Waals surface area contributed by atoms with Gasteiger partial charge in [-0.25, -0.2) is 4.98 Å². The Labute approximate surface area is 127 Å². The minimum atomic E-state index is -0.165. The molecule has 3 rings (SSSR count). The Morgan fingerprint density at radius 1 is 1.19 bits per heavy atom. The van der Waals surface area contributed by atoms with Crippen LogP contribution in [-0.2, 0) is 0 Å². The van der Waals surface area contributed by atoms with E-state index < -0.39 is 0 Å². The molecule has 0 aliphatic carbocycles. The molecule has 0 saturated heterocycles. The molecule has 0 aliphatic rings. The summed E-state index contributed by atoms with van der Waals surface area (Å²) in [5.74, 6) is 0.795. The van der Waals surface area contributed by atoms with Crippen LogP contribution in [0.15, 0.2) is 47.5 Å². The second-order valence-corrected chi connectivity index (χ2v) is 5.52. The molecule has 0 saturated carbocycles. The van der Waals surface area contributed by atoms with Crippen LogP contribution >= 0.6 is 11.6 Å². The standard InChI is InChI=1S/C16H14ClN3O/c1-10(2)15-19-13-7-3-6-12(17)14(13)16(21)20(15)11-5-4-8-18-9-11/h3-10H,1-2H3. The first-order valence-corrected chi connectivity index (χ1v) is 7.09. The highest BCUT2D eigenvalue weighted by Gasteiger charge is 2.16. The van der Waals surface area contributed by atoms with Gasteiger partial charge in [0.1, 0.15) is 5.82 Å². The molecule has 0 N–H and O–H groups in total. The fraction of sp³-hybridized carbons (Fsp3) is 0.188. The Hall–Kier alpha value is -2.20. The lowest BCUT2D eigenvalue weighted by atomic mass is 10.1. The first-order valence-electron chi connectivity index (χ1n) is 6.71. The minimum Gasteiger partial charge on any atom is -0.268 e. The normalized spacial score (nSPS) is 11.2. The highest BCUT2D eigenvalue weighted by Crippen LogP contribution is 2.22. The molecule has 3 aromatic rings. The number of aromatic nitrogens is 3. The van der Waals surface area contributed by atoms with Gasteiger partial charge in [-0.05, 0) is 24.3 Å². The van der Waals surface area contributed by atoms with E-state index in [4.69, 9.17) is 11.6 Å². The second-order valence-electron chi connectivity index (χ2n) is 5.11. The number of fused-ring (bicyclic) bond motifs is 1. The zero-order valence-electron chi connectivity index (χ0n) is 11.7. The van der Waals surface area contributed by atoms with Gasteiger partial charge in [0.15, 0.2) is 0 Å². The van der Waals surface area contributed by atoms with Crippen LogP contribution in [0.5, 0.6) is 0 Å². The van der Waals surface area contributed by atoms with Gasteiger partial charge in [0, 0.05) is 12.1 Å². The maximum atomic E-state index is 12.9. The Morgan fingerprint density at radius 3 is 2.67 bits per heavy atom. The average molecular weight is 300 g/mol. The third-order valence-electron chi connectivity index (χ3n) is 3.29. The second kappa shape index (κ2) is 5.30. The molecule has 5 heteroatoms. The third-order valence-corrected chi connectivity index (χ3v) is 3.61. The van der Waals surface area contributed by atoms with Gasteiger partial charge < -0.3 is 0 Å². The van der Waals surface area contributed by atoms with Gasteiger partial charge in [-0.3, -0.25) is 14.3 Å². The van der Waals surface area contributed by atoms with Crippen LogP contribution in [0.25, 0.3) is 16.6 Å². The number of rotatable bonds is 2. The van der Waals surface area contributed by atoms with Gasteiger partial charge in [-0.1, -0.05) is 31.5 Å². The summed E-state index contributed by atoms with van der Waals surface area (Å²) in [5, 5.41) is 0.852. The molecule has 0 amide bonds. The van der Waals surface area contributed by atoms with E-state index in [-0.39, 0.29) is 11.5 Å². The maximum absolute atomic E-state index is 12.9. The number of pyridine rings is 1. The highest BCUT2D eigenvalue weighted by molar-refractivity contribution is 6.35. The molecule has 0 unspecified atom stereocenters. The number of hydrogen-bond donors (Lipinski definition) is 0. The largest absolute Gasteiger partial charge is 0.268 e. The van der Waals surface area contributed by atoms with Crippen LogP contribution < -0.4 is 5.56 Å². The molecular formula is C16H14ClN3O. The first-order chi connectivity index (χ1) is 10.1. The van der Waals surface area contributed by atoms with Gasteiger partial charge in [0.25, 0.3) is 5.56 Å². The fourth-order valence-electron chi connectivity index (χ4n) is 2.33. The van der Waals surface area contributed by atoms with Crippen molar-refractivity contribution in [1.29, 1.82) is 0 Å². The minimum absolute atomic E-state index is 0.0984. The van der Waals surface area contributed by atoms with E-state index in [2.05, 4.69) is 9.97 Å². The van der Waals surface area contributed by atoms with Crippen LogP contribution in [0, 0.1) is 0 Å². The number of halogens is 1. The molecule has 2 heterocycles. The van der Waals surface area contributed by atoms with E-state index in [0.717, 1.165) is 0 Å². The molecule has 1 aromatic carbocycles. The van der Waals surface area contributed by atoms with Gasteiger partial charge in [0.05, 0.1) is 27.8 Å². The Morgan fingerprint density at radius 2 is 2.00 bits per heavy atom. The van der Waals surface area contributed by atoms with Crippen LogP contribution in [0.4, 0.5) is 0 Å². The zero-order valence-corrected chi connectivity index (χ0v) is 12.5. The summed E-state index contributed by atoms with van der Waals surface area (Å²) in [6, 6.07) is 8.95. The highest BCUT2D eigenvalue weighted by atomic mass is 35.5. The van der Waals surface area contributed by atoms with Crippen LogP contribution in [0.1, 0.15) is 25.6 Å². The lowest BCUT2D eigenvalue weighted by Crippen LogP contribution is -2.25. The van der Waals surface area contributed by atoms with Crippen molar-refractivity contribution in [3.63, 3.8) is 0 Å². The van der Waals surface area contributed by atoms with Crippen molar-refractivity contribution in [2.24, 2.45) is 0 Å². The van der Waals surface area contributed by atoms with Gasteiger partial charge in [-0.2, -0.15) is 0 Å². The van der Waals surface area contributed by atoms with E-state index in [1.54, 1.807) is 35.2 Å². The molecule has 0 atom stereocenters. The van der Waals surface area contributed by atoms with Crippen LogP contribution in [-0.4, -0.2) is 14.5 Å². The Balaban J connectivity index is 2.47. The Bertz CT molecular complexity index is 857. The first kappa shape index (κ1) is 13.8. The van der Waals surface area contributed by atoms with Crippen molar-refractivity contribution in [2.45, 2.75) is 19.8 Å². The van der Waals surface area contributed by atoms with E-state index in [0.29, 0.717) is 27.4 Å². The third kappa shape index (κ3) is 2.32. The van der Waals surface area contributed by atoms with Crippen molar-refractivity contribution in [3.05, 3.63) is 63.9 Å². The fourth-order valence-corrected chi connectivity index (χ4v) is 2.58. The van der Waals surface area contributed by atoms with Crippen molar-refractivity contribution >= 4 is 22.5 Å². The quantitative estimate of drug-likeness (QED) is 0.727. The molecule has 0 bridgehead atoms. The predicted octanol–water partition coefficient (Wildman–Crippen LogP) is 3.56. The summed E-state index contributed by atoms with van der Waals surface area (Å²) in [7, 11) is 0. The van der Waals surface area contributed by atoms with Gasteiger partial charge in [0.2, 0.25) is 0 Å². The predicted molar refractivity (Wildman–Crippen MR) is 84.2 cm³/mol. The summed E-state index contributed by atoms with van der Waals surface area (Å²) in [6.07, 6.45) is 3.32. The van der Waals surface area contributed by atoms with E-state index in [1.165, 1.54) is 0 Å². The van der Waals surface area contributed by atoms with E-state index >= 15 is 0 Å². The summed E-state index contributed by atoms with van der Waals surface area (Å²) < 4.78 is 1.59. The SMILES string of the molecule is CC(C)c1nc2cccc(Cl)c2c(=O)n1-c1cccnc1. The smallest absolute Gasteiger partial charge is 0.267 e. The van der Waals surface area contributed by atoms with Crippen LogP contribution in [0.2, 0.25) is 5.02 Å². The lowest BCUT2D eigenvalue weighted by molar-refractivity contribution is 0.721. The Kier molecular flexibility index (Phi) is 3.47. The number of nitrogens with zero attached hydrogens (tertiary/aromatic N) is 3. The van der Waals surface area contributed by atoms with E-state index in [1.807, 2.05) is 26.0 Å². The van der Waals surface area contributed by atoms with Crippen LogP contribution in [0.3, 0.4) is 0 Å². The van der Waals surface area contributed by atoms with Gasteiger partial charge >= 0.3 is 0 Å². The molecule has 106 valence electrons. The summed E-state index contributed by atoms with van der Waals surface area (Å²) in [6.45, 7) is 4.01. The lowest BCUT2D eigenvalue weighted by Gasteiger charge is -2.16. The molecule has 21 heavy (non-hydrogen) atoms. The van der Waals surface area contributed by atoms with E-state index in [9.17, 15) is 4.79 Å². The molecule has 0 aliphatic heterocycles. The summed E-state index contributed by atoms with van der Waals surface area (Å²) >= 11 is 6.18. The molecule has 0 radical (unpaired) electrons. The number of hydrogen-bond acceptors (Lipinski definition) is 3. The molecule has 0 spiro atoms. The van der Waals surface area contributed by atoms with Crippen molar-refractivity contribution in [3.8, 4) is 5.69 Å². The molecule has 0 fully saturated rings. The zero-order chi connectivity index (χ0) is 15.0. The van der Waals surface area contributed by atoms with Crippen molar-refractivity contribution in [1.82, 2.24) is 14.5 Å². The topological polar surface area (TPSA) is 47.8 Å². The molecule has 4 nitrogen and oxygen atoms in total. The monoisotopic (exact) mass is 299 g/mol. The molecular weight excluding hydrogens is 286 g/mol. The average Bonchev–Trinajstić information content (AvgIpc) is 2.47. The molecule has 2 aromatic heterocycles. The summed E-state index contributed by atoms with van der Waals surface area (Å²) in [5.41, 5.74) is 1.15. The van der Waals surface area contributed by atoms with Gasteiger partial charge in [-0.15, -0.1) is 0 Å². The maximum Gasteiger partial charge on any atom is 0.267 e. The summed E-state index contributed by atoms with van der Waals surface area (Å²) in [4.78, 5) is 21.6. The van der Waals surface area contributed by atoms with Crippen molar-refractivity contribution in [2.75, 3.05) is 0 Å².